The number of alkyl halides is 3. The van der Waals surface area contributed by atoms with E-state index in [0.717, 1.165) is 6.07 Å². The summed E-state index contributed by atoms with van der Waals surface area (Å²) in [6.45, 7) is 0. The van der Waals surface area contributed by atoms with Gasteiger partial charge in [0.2, 0.25) is 5.82 Å². The third-order valence-corrected chi connectivity index (χ3v) is 4.49. The van der Waals surface area contributed by atoms with Gasteiger partial charge in [0.15, 0.2) is 22.8 Å². The first-order chi connectivity index (χ1) is 14.4. The van der Waals surface area contributed by atoms with E-state index in [0.29, 0.717) is 15.1 Å². The number of fused-ring (bicyclic) bond motifs is 1. The maximum Gasteiger partial charge on any atom is 0.433 e. The Hall–Kier alpha value is -3.66. The van der Waals surface area contributed by atoms with Crippen LogP contribution in [0.1, 0.15) is 5.69 Å². The van der Waals surface area contributed by atoms with Crippen molar-refractivity contribution in [1.29, 1.82) is 0 Å². The first-order valence-electron chi connectivity index (χ1n) is 8.50. The molecular weight excluding hydrogens is 423 g/mol. The van der Waals surface area contributed by atoms with E-state index in [-0.39, 0.29) is 34.5 Å². The molecule has 0 fully saturated rings. The molecule has 0 aliphatic heterocycles. The molecule has 5 aromatic rings. The molecule has 4 aromatic heterocycles. The second-order valence-corrected chi connectivity index (χ2v) is 6.67. The first kappa shape index (κ1) is 18.4. The lowest BCUT2D eigenvalue weighted by molar-refractivity contribution is -0.142. The maximum atomic E-state index is 13.6. The molecule has 0 saturated carbocycles. The highest BCUT2D eigenvalue weighted by Crippen LogP contribution is 2.33. The summed E-state index contributed by atoms with van der Waals surface area (Å²) in [4.78, 5) is 8.43. The number of furan rings is 1. The van der Waals surface area contributed by atoms with Crippen LogP contribution in [0.15, 0.2) is 63.7 Å². The minimum atomic E-state index is -4.67. The van der Waals surface area contributed by atoms with Crippen LogP contribution in [0.25, 0.3) is 40.1 Å². The molecule has 30 heavy (non-hydrogen) atoms. The van der Waals surface area contributed by atoms with Crippen LogP contribution < -0.4 is 0 Å². The van der Waals surface area contributed by atoms with E-state index >= 15 is 0 Å². The standard InChI is InChI=1S/C19H9ClF3N5O2/c20-11-5-3-10(4-6-11)17-25-18(30-27-17)13-9-16-24-12(14-2-1-7-29-14)8-15(19(21,22)23)28(16)26-13/h1-9H. The van der Waals surface area contributed by atoms with E-state index in [1.807, 2.05) is 0 Å². The maximum absolute atomic E-state index is 13.6. The van der Waals surface area contributed by atoms with Gasteiger partial charge in [-0.2, -0.15) is 23.3 Å². The molecule has 0 saturated heterocycles. The molecule has 0 N–H and O–H groups in total. The summed E-state index contributed by atoms with van der Waals surface area (Å²) in [6, 6.07) is 12.0. The summed E-state index contributed by atoms with van der Waals surface area (Å²) < 4.78 is 51.9. The molecule has 0 aliphatic rings. The van der Waals surface area contributed by atoms with Crippen LogP contribution in [0.4, 0.5) is 13.2 Å². The van der Waals surface area contributed by atoms with Crippen molar-refractivity contribution in [3.05, 3.63) is 65.5 Å². The Bertz CT molecular complexity index is 1340. The molecule has 150 valence electrons. The van der Waals surface area contributed by atoms with Crippen LogP contribution in [0.2, 0.25) is 5.02 Å². The van der Waals surface area contributed by atoms with Gasteiger partial charge >= 0.3 is 6.18 Å². The average Bonchev–Trinajstić information content (AvgIpc) is 3.45. The molecule has 0 amide bonds. The molecule has 5 rings (SSSR count). The van der Waals surface area contributed by atoms with Crippen LogP contribution in [0, 0.1) is 0 Å². The number of aromatic nitrogens is 5. The zero-order valence-electron chi connectivity index (χ0n) is 14.8. The van der Waals surface area contributed by atoms with Crippen LogP contribution in [0.5, 0.6) is 0 Å². The summed E-state index contributed by atoms with van der Waals surface area (Å²) in [5.41, 5.74) is -0.344. The largest absolute Gasteiger partial charge is 0.463 e. The van der Waals surface area contributed by atoms with Crippen molar-refractivity contribution in [2.24, 2.45) is 0 Å². The molecule has 0 atom stereocenters. The number of benzene rings is 1. The third-order valence-electron chi connectivity index (χ3n) is 4.24. The topological polar surface area (TPSA) is 82.2 Å². The van der Waals surface area contributed by atoms with Gasteiger partial charge in [0.1, 0.15) is 5.69 Å². The highest BCUT2D eigenvalue weighted by molar-refractivity contribution is 6.30. The van der Waals surface area contributed by atoms with E-state index in [9.17, 15) is 13.2 Å². The zero-order valence-corrected chi connectivity index (χ0v) is 15.5. The monoisotopic (exact) mass is 431 g/mol. The molecule has 7 nitrogen and oxygen atoms in total. The summed E-state index contributed by atoms with van der Waals surface area (Å²) in [6.07, 6.45) is -3.32. The smallest absolute Gasteiger partial charge is 0.433 e. The second kappa shape index (κ2) is 6.70. The molecule has 0 unspecified atom stereocenters. The van der Waals surface area contributed by atoms with Gasteiger partial charge < -0.3 is 8.94 Å². The molecule has 4 heterocycles. The van der Waals surface area contributed by atoms with Gasteiger partial charge in [0, 0.05) is 16.7 Å². The lowest BCUT2D eigenvalue weighted by atomic mass is 10.2. The van der Waals surface area contributed by atoms with Crippen LogP contribution in [0.3, 0.4) is 0 Å². The highest BCUT2D eigenvalue weighted by Gasteiger charge is 2.36. The number of halogens is 4. The Labute approximate surface area is 170 Å². The predicted octanol–water partition coefficient (Wildman–Crippen LogP) is 5.38. The van der Waals surface area contributed by atoms with Crippen LogP contribution in [-0.2, 0) is 6.18 Å². The van der Waals surface area contributed by atoms with Gasteiger partial charge in [-0.25, -0.2) is 9.50 Å². The van der Waals surface area contributed by atoms with E-state index in [1.165, 1.54) is 18.4 Å². The molecule has 0 bridgehead atoms. The van der Waals surface area contributed by atoms with Gasteiger partial charge in [-0.1, -0.05) is 16.8 Å². The molecule has 0 spiro atoms. The SMILES string of the molecule is FC(F)(F)c1cc(-c2ccco2)nc2cc(-c3nc(-c4ccc(Cl)cc4)no3)nn12. The zero-order chi connectivity index (χ0) is 20.9. The fourth-order valence-electron chi connectivity index (χ4n) is 2.88. The van der Waals surface area contributed by atoms with Gasteiger partial charge in [0.25, 0.3) is 5.89 Å². The van der Waals surface area contributed by atoms with E-state index < -0.39 is 11.9 Å². The van der Waals surface area contributed by atoms with E-state index in [1.54, 1.807) is 30.3 Å². The molecule has 0 radical (unpaired) electrons. The van der Waals surface area contributed by atoms with Gasteiger partial charge in [0.05, 0.1) is 6.26 Å². The van der Waals surface area contributed by atoms with Crippen LogP contribution in [-0.4, -0.2) is 24.7 Å². The Balaban J connectivity index is 1.62. The number of nitrogens with zero attached hydrogens (tertiary/aromatic N) is 5. The van der Waals surface area contributed by atoms with Gasteiger partial charge in [-0.05, 0) is 42.5 Å². The summed E-state index contributed by atoms with van der Waals surface area (Å²) in [7, 11) is 0. The average molecular weight is 432 g/mol. The normalized spacial score (nSPS) is 12.0. The van der Waals surface area contributed by atoms with Gasteiger partial charge in [-0.15, -0.1) is 0 Å². The van der Waals surface area contributed by atoms with Crippen molar-refractivity contribution in [3.8, 4) is 34.4 Å². The molecule has 0 aliphatic carbocycles. The van der Waals surface area contributed by atoms with Crippen molar-refractivity contribution in [2.45, 2.75) is 6.18 Å². The van der Waals surface area contributed by atoms with Crippen molar-refractivity contribution >= 4 is 17.2 Å². The Kier molecular flexibility index (Phi) is 4.10. The lowest BCUT2D eigenvalue weighted by Gasteiger charge is -2.09. The highest BCUT2D eigenvalue weighted by atomic mass is 35.5. The third kappa shape index (κ3) is 3.20. The minimum absolute atomic E-state index is 0.0265. The quantitative estimate of drug-likeness (QED) is 0.381. The van der Waals surface area contributed by atoms with E-state index in [2.05, 4.69) is 20.2 Å². The molecule has 11 heteroatoms. The second-order valence-electron chi connectivity index (χ2n) is 6.23. The summed E-state index contributed by atoms with van der Waals surface area (Å²) in [5, 5.41) is 8.38. The minimum Gasteiger partial charge on any atom is -0.463 e. The van der Waals surface area contributed by atoms with E-state index in [4.69, 9.17) is 20.5 Å². The van der Waals surface area contributed by atoms with Gasteiger partial charge in [-0.3, -0.25) is 0 Å². The van der Waals surface area contributed by atoms with Crippen molar-refractivity contribution in [2.75, 3.05) is 0 Å². The van der Waals surface area contributed by atoms with Crippen molar-refractivity contribution in [3.63, 3.8) is 0 Å². The Morgan fingerprint density at radius 3 is 2.47 bits per heavy atom. The summed E-state index contributed by atoms with van der Waals surface area (Å²) in [5.74, 6) is 0.408. The van der Waals surface area contributed by atoms with Crippen molar-refractivity contribution in [1.82, 2.24) is 24.7 Å². The number of hydrogen-bond acceptors (Lipinski definition) is 6. The van der Waals surface area contributed by atoms with Crippen LogP contribution >= 0.6 is 11.6 Å². The lowest BCUT2D eigenvalue weighted by Crippen LogP contribution is -2.13. The Morgan fingerprint density at radius 2 is 1.77 bits per heavy atom. The Morgan fingerprint density at radius 1 is 0.967 bits per heavy atom. The predicted molar refractivity (Wildman–Crippen MR) is 99.4 cm³/mol. The fourth-order valence-corrected chi connectivity index (χ4v) is 3.00. The fraction of sp³-hybridized carbons (Fsp3) is 0.0526. The first-order valence-corrected chi connectivity index (χ1v) is 8.88. The summed E-state index contributed by atoms with van der Waals surface area (Å²) >= 11 is 5.86. The molecule has 1 aromatic carbocycles. The van der Waals surface area contributed by atoms with Crippen molar-refractivity contribution < 1.29 is 22.1 Å². The molecular formula is C19H9ClF3N5O2. The number of rotatable bonds is 3. The number of hydrogen-bond donors (Lipinski definition) is 0.